The number of hydrogen-bond acceptors (Lipinski definition) is 5. The van der Waals surface area contributed by atoms with Crippen LogP contribution in [-0.4, -0.2) is 69.7 Å². The Hall–Kier alpha value is -2.00. The summed E-state index contributed by atoms with van der Waals surface area (Å²) in [5.74, 6) is 0.464. The van der Waals surface area contributed by atoms with Crippen molar-refractivity contribution in [2.75, 3.05) is 46.0 Å². The summed E-state index contributed by atoms with van der Waals surface area (Å²) in [4.78, 5) is 2.67. The van der Waals surface area contributed by atoms with Crippen LogP contribution in [0.3, 0.4) is 0 Å². The van der Waals surface area contributed by atoms with E-state index in [1.54, 1.807) is 36.4 Å². The number of nitrogens with zero attached hydrogens (tertiary/aromatic N) is 2. The van der Waals surface area contributed by atoms with E-state index in [9.17, 15) is 12.8 Å². The summed E-state index contributed by atoms with van der Waals surface area (Å²) >= 11 is 0. The van der Waals surface area contributed by atoms with E-state index in [1.807, 2.05) is 6.07 Å². The topological polar surface area (TPSA) is 59.1 Å². The van der Waals surface area contributed by atoms with Crippen molar-refractivity contribution in [3.05, 3.63) is 59.9 Å². The molecule has 2 aliphatic heterocycles. The maximum Gasteiger partial charge on any atom is 0.243 e. The van der Waals surface area contributed by atoms with Gasteiger partial charge in [0.1, 0.15) is 18.2 Å². The Kier molecular flexibility index (Phi) is 7.22. The molecule has 31 heavy (non-hydrogen) atoms. The monoisotopic (exact) mass is 448 g/mol. The predicted octanol–water partition coefficient (Wildman–Crippen LogP) is 2.93. The molecule has 1 unspecified atom stereocenters. The molecule has 2 aliphatic rings. The number of morpholine rings is 1. The Balaban J connectivity index is 1.28. The van der Waals surface area contributed by atoms with Crippen molar-refractivity contribution >= 4 is 10.0 Å². The molecule has 0 bridgehead atoms. The highest BCUT2D eigenvalue weighted by atomic mass is 32.2. The summed E-state index contributed by atoms with van der Waals surface area (Å²) in [5, 5.41) is 0. The molecule has 0 aliphatic carbocycles. The molecule has 6 nitrogen and oxygen atoms in total. The third-order valence-corrected chi connectivity index (χ3v) is 7.85. The Morgan fingerprint density at radius 2 is 1.84 bits per heavy atom. The van der Waals surface area contributed by atoms with Gasteiger partial charge in [0.15, 0.2) is 0 Å². The molecule has 0 N–H and O–H groups in total. The first-order chi connectivity index (χ1) is 15.0. The SMILES string of the molecule is O=S(=O)(c1ccc(OCCN2CCCC2Cc2cccc(F)c2)cc1)N1CCOCC1. The van der Waals surface area contributed by atoms with Crippen molar-refractivity contribution in [2.45, 2.75) is 30.2 Å². The van der Waals surface area contributed by atoms with Crippen LogP contribution in [0.4, 0.5) is 4.39 Å². The van der Waals surface area contributed by atoms with Crippen molar-refractivity contribution < 1.29 is 22.3 Å². The summed E-state index contributed by atoms with van der Waals surface area (Å²) < 4.78 is 51.4. The van der Waals surface area contributed by atoms with Crippen molar-refractivity contribution in [3.8, 4) is 5.75 Å². The van der Waals surface area contributed by atoms with E-state index in [4.69, 9.17) is 9.47 Å². The fourth-order valence-corrected chi connectivity index (χ4v) is 5.69. The third kappa shape index (κ3) is 5.63. The zero-order chi connectivity index (χ0) is 21.7. The Labute approximate surface area is 183 Å². The largest absolute Gasteiger partial charge is 0.492 e. The summed E-state index contributed by atoms with van der Waals surface area (Å²) in [6.07, 6.45) is 3.07. The normalized spacial score (nSPS) is 20.7. The standard InChI is InChI=1S/C23H29FN2O4S/c24-20-4-1-3-19(17-20)18-21-5-2-10-25(21)11-16-30-22-6-8-23(9-7-22)31(27,28)26-12-14-29-15-13-26/h1,3-4,6-9,17,21H,2,5,10-16,18H2. The van der Waals surface area contributed by atoms with Gasteiger partial charge >= 0.3 is 0 Å². The van der Waals surface area contributed by atoms with Crippen LogP contribution in [0.1, 0.15) is 18.4 Å². The summed E-state index contributed by atoms with van der Waals surface area (Å²) in [6, 6.07) is 13.8. The fraction of sp³-hybridized carbons (Fsp3) is 0.478. The van der Waals surface area contributed by atoms with Crippen LogP contribution < -0.4 is 4.74 Å². The average Bonchev–Trinajstić information content (AvgIpc) is 3.21. The lowest BCUT2D eigenvalue weighted by Gasteiger charge is -2.26. The number of benzene rings is 2. The van der Waals surface area contributed by atoms with E-state index in [-0.39, 0.29) is 10.7 Å². The van der Waals surface area contributed by atoms with Gasteiger partial charge < -0.3 is 9.47 Å². The van der Waals surface area contributed by atoms with E-state index in [0.717, 1.165) is 37.9 Å². The van der Waals surface area contributed by atoms with Crippen molar-refractivity contribution in [3.63, 3.8) is 0 Å². The molecular weight excluding hydrogens is 419 g/mol. The number of ether oxygens (including phenoxy) is 2. The molecule has 0 spiro atoms. The quantitative estimate of drug-likeness (QED) is 0.622. The second kappa shape index (κ2) is 10.1. The van der Waals surface area contributed by atoms with Gasteiger partial charge in [-0.25, -0.2) is 12.8 Å². The van der Waals surface area contributed by atoms with E-state index in [1.165, 1.54) is 10.4 Å². The lowest BCUT2D eigenvalue weighted by Crippen LogP contribution is -2.40. The lowest BCUT2D eigenvalue weighted by atomic mass is 10.0. The first-order valence-electron chi connectivity index (χ1n) is 10.8. The van der Waals surface area contributed by atoms with Crippen LogP contribution in [0.2, 0.25) is 0 Å². The second-order valence-corrected chi connectivity index (χ2v) is 9.94. The number of sulfonamides is 1. The number of halogens is 1. The summed E-state index contributed by atoms with van der Waals surface area (Å²) in [7, 11) is -3.49. The molecule has 0 saturated carbocycles. The van der Waals surface area contributed by atoms with Gasteiger partial charge in [0, 0.05) is 25.7 Å². The maximum atomic E-state index is 13.5. The predicted molar refractivity (Wildman–Crippen MR) is 116 cm³/mol. The van der Waals surface area contributed by atoms with Crippen LogP contribution in [-0.2, 0) is 21.2 Å². The lowest BCUT2D eigenvalue weighted by molar-refractivity contribution is 0.0730. The number of likely N-dealkylation sites (tertiary alicyclic amines) is 1. The molecule has 2 aromatic rings. The smallest absolute Gasteiger partial charge is 0.243 e. The van der Waals surface area contributed by atoms with Gasteiger partial charge in [-0.2, -0.15) is 4.31 Å². The van der Waals surface area contributed by atoms with Crippen molar-refractivity contribution in [2.24, 2.45) is 0 Å². The van der Waals surface area contributed by atoms with Crippen molar-refractivity contribution in [1.29, 1.82) is 0 Å². The van der Waals surface area contributed by atoms with Gasteiger partial charge in [-0.05, 0) is 67.8 Å². The first-order valence-corrected chi connectivity index (χ1v) is 12.3. The molecule has 0 radical (unpaired) electrons. The van der Waals surface area contributed by atoms with E-state index < -0.39 is 10.0 Å². The number of hydrogen-bond donors (Lipinski definition) is 0. The van der Waals surface area contributed by atoms with Gasteiger partial charge in [-0.3, -0.25) is 4.90 Å². The molecule has 2 heterocycles. The maximum absolute atomic E-state index is 13.5. The van der Waals surface area contributed by atoms with Gasteiger partial charge in [0.2, 0.25) is 10.0 Å². The van der Waals surface area contributed by atoms with Gasteiger partial charge in [0.25, 0.3) is 0 Å². The van der Waals surface area contributed by atoms with Crippen LogP contribution in [0.25, 0.3) is 0 Å². The molecule has 2 aromatic carbocycles. The zero-order valence-corrected chi connectivity index (χ0v) is 18.4. The van der Waals surface area contributed by atoms with E-state index >= 15 is 0 Å². The first kappa shape index (κ1) is 22.2. The molecule has 8 heteroatoms. The summed E-state index contributed by atoms with van der Waals surface area (Å²) in [6.45, 7) is 3.94. The van der Waals surface area contributed by atoms with Gasteiger partial charge in [-0.1, -0.05) is 12.1 Å². The minimum atomic E-state index is -3.49. The fourth-order valence-electron chi connectivity index (χ4n) is 4.28. The minimum absolute atomic E-state index is 0.190. The highest BCUT2D eigenvalue weighted by Crippen LogP contribution is 2.23. The molecule has 2 fully saturated rings. The Morgan fingerprint density at radius 3 is 2.58 bits per heavy atom. The van der Waals surface area contributed by atoms with Crippen LogP contribution >= 0.6 is 0 Å². The van der Waals surface area contributed by atoms with Gasteiger partial charge in [0.05, 0.1) is 18.1 Å². The molecule has 168 valence electrons. The van der Waals surface area contributed by atoms with Crippen LogP contribution in [0.5, 0.6) is 5.75 Å². The van der Waals surface area contributed by atoms with E-state index in [2.05, 4.69) is 4.90 Å². The highest BCUT2D eigenvalue weighted by molar-refractivity contribution is 7.89. The number of rotatable bonds is 8. The molecule has 4 rings (SSSR count). The third-order valence-electron chi connectivity index (χ3n) is 5.94. The molecule has 0 aromatic heterocycles. The van der Waals surface area contributed by atoms with Crippen LogP contribution in [0.15, 0.2) is 53.4 Å². The van der Waals surface area contributed by atoms with Crippen molar-refractivity contribution in [1.82, 2.24) is 9.21 Å². The summed E-state index contributed by atoms with van der Waals surface area (Å²) in [5.41, 5.74) is 1.02. The van der Waals surface area contributed by atoms with E-state index in [0.29, 0.717) is 44.7 Å². The molecule has 2 saturated heterocycles. The second-order valence-electron chi connectivity index (χ2n) is 8.00. The average molecular weight is 449 g/mol. The molecule has 1 atom stereocenters. The molecule has 0 amide bonds. The highest BCUT2D eigenvalue weighted by Gasteiger charge is 2.26. The Morgan fingerprint density at radius 1 is 1.06 bits per heavy atom. The zero-order valence-electron chi connectivity index (χ0n) is 17.6. The Bertz CT molecular complexity index is 962. The van der Waals surface area contributed by atoms with Gasteiger partial charge in [-0.15, -0.1) is 0 Å². The molecular formula is C23H29FN2O4S. The van der Waals surface area contributed by atoms with Crippen LogP contribution in [0, 0.1) is 5.82 Å². The minimum Gasteiger partial charge on any atom is -0.492 e.